The first kappa shape index (κ1) is 28.2. The van der Waals surface area contributed by atoms with E-state index in [0.29, 0.717) is 6.42 Å². The molecular weight excluding hydrogens is 526 g/mol. The van der Waals surface area contributed by atoms with Gasteiger partial charge in [0.1, 0.15) is 5.78 Å². The Hall–Kier alpha value is -4.89. The molecule has 3 nitrogen and oxygen atoms in total. The van der Waals surface area contributed by atoms with Crippen LogP contribution < -0.4 is 0 Å². The minimum atomic E-state index is -0.710. The number of carbonyl (C=O) groups is 2. The van der Waals surface area contributed by atoms with Gasteiger partial charge < -0.3 is 0 Å². The van der Waals surface area contributed by atoms with Crippen LogP contribution in [0, 0.1) is 19.8 Å². The molecule has 0 radical (unpaired) electrons. The van der Waals surface area contributed by atoms with Crippen LogP contribution in [-0.2, 0) is 22.4 Å². The van der Waals surface area contributed by atoms with Crippen molar-refractivity contribution in [1.29, 1.82) is 0 Å². The predicted molar refractivity (Wildman–Crippen MR) is 174 cm³/mol. The highest BCUT2D eigenvalue weighted by molar-refractivity contribution is 6.13. The first-order valence-corrected chi connectivity index (χ1v) is 14.9. The number of Topliss-reactive ketones (excluding diaryl/α,β-unsaturated/α-hetero) is 1. The van der Waals surface area contributed by atoms with Crippen LogP contribution in [0.25, 0.3) is 16.7 Å². The summed E-state index contributed by atoms with van der Waals surface area (Å²) in [6.45, 7) is 4.13. The Kier molecular flexibility index (Phi) is 8.24. The zero-order chi connectivity index (χ0) is 29.8. The van der Waals surface area contributed by atoms with E-state index in [9.17, 15) is 9.59 Å². The number of aryl methyl sites for hydroxylation is 2. The van der Waals surface area contributed by atoms with Crippen LogP contribution >= 0.6 is 0 Å². The first-order chi connectivity index (χ1) is 20.9. The average Bonchev–Trinajstić information content (AvgIpc) is 3.04. The van der Waals surface area contributed by atoms with Gasteiger partial charge in [-0.05, 0) is 94.5 Å². The molecule has 0 spiro atoms. The molecule has 0 N–H and O–H groups in total. The van der Waals surface area contributed by atoms with Gasteiger partial charge in [0.25, 0.3) is 0 Å². The fourth-order valence-electron chi connectivity index (χ4n) is 6.12. The number of allylic oxidation sites excluding steroid dienone is 2. The number of pyridine rings is 1. The summed E-state index contributed by atoms with van der Waals surface area (Å²) < 4.78 is 0. The highest BCUT2D eigenvalue weighted by Gasteiger charge is 2.38. The summed E-state index contributed by atoms with van der Waals surface area (Å²) in [6, 6.07) is 37.2. The average molecular weight is 562 g/mol. The molecule has 1 heterocycles. The Balaban J connectivity index is 1.30. The summed E-state index contributed by atoms with van der Waals surface area (Å²) in [5, 5.41) is 0. The smallest absolute Gasteiger partial charge is 0.167 e. The van der Waals surface area contributed by atoms with Gasteiger partial charge in [0.15, 0.2) is 5.78 Å². The van der Waals surface area contributed by atoms with Crippen molar-refractivity contribution in [1.82, 2.24) is 4.98 Å². The minimum absolute atomic E-state index is 0.0209. The molecule has 3 heteroatoms. The van der Waals surface area contributed by atoms with Gasteiger partial charge in [-0.1, -0.05) is 103 Å². The molecule has 1 unspecified atom stereocenters. The van der Waals surface area contributed by atoms with Gasteiger partial charge in [0.05, 0.1) is 5.92 Å². The van der Waals surface area contributed by atoms with E-state index in [1.54, 1.807) is 12.3 Å². The largest absolute Gasteiger partial charge is 0.298 e. The van der Waals surface area contributed by atoms with Crippen LogP contribution in [-0.4, -0.2) is 16.6 Å². The zero-order valence-electron chi connectivity index (χ0n) is 24.7. The van der Waals surface area contributed by atoms with Crippen molar-refractivity contribution in [3.05, 3.63) is 167 Å². The van der Waals surface area contributed by atoms with Crippen molar-refractivity contribution < 1.29 is 9.59 Å². The molecular formula is C40H35NO2. The molecule has 0 bridgehead atoms. The van der Waals surface area contributed by atoms with Crippen LogP contribution in [0.5, 0.6) is 0 Å². The van der Waals surface area contributed by atoms with E-state index in [2.05, 4.69) is 97.7 Å². The molecule has 5 aromatic rings. The topological polar surface area (TPSA) is 47.0 Å². The lowest BCUT2D eigenvalue weighted by atomic mass is 9.71. The number of aromatic nitrogens is 1. The van der Waals surface area contributed by atoms with Gasteiger partial charge in [-0.3, -0.25) is 14.6 Å². The third-order valence-corrected chi connectivity index (χ3v) is 8.66. The first-order valence-electron chi connectivity index (χ1n) is 14.9. The van der Waals surface area contributed by atoms with Crippen molar-refractivity contribution in [2.45, 2.75) is 39.0 Å². The lowest BCUT2D eigenvalue weighted by molar-refractivity contribution is -0.131. The zero-order valence-corrected chi connectivity index (χ0v) is 24.7. The molecule has 6 rings (SSSR count). The summed E-state index contributed by atoms with van der Waals surface area (Å²) in [5.74, 6) is -1.06. The van der Waals surface area contributed by atoms with Crippen LogP contribution in [0.15, 0.2) is 128 Å². The Morgan fingerprint density at radius 1 is 0.721 bits per heavy atom. The van der Waals surface area contributed by atoms with E-state index in [0.717, 1.165) is 50.9 Å². The van der Waals surface area contributed by atoms with E-state index in [1.807, 2.05) is 36.5 Å². The number of benzene rings is 4. The normalized spacial score (nSPS) is 16.5. The molecule has 0 amide bonds. The van der Waals surface area contributed by atoms with E-state index in [4.69, 9.17) is 0 Å². The van der Waals surface area contributed by atoms with E-state index in [-0.39, 0.29) is 23.9 Å². The van der Waals surface area contributed by atoms with Gasteiger partial charge in [-0.25, -0.2) is 0 Å². The maximum absolute atomic E-state index is 13.9. The number of rotatable bonds is 8. The highest BCUT2D eigenvalue weighted by atomic mass is 16.1. The van der Waals surface area contributed by atoms with Crippen molar-refractivity contribution in [3.8, 4) is 11.1 Å². The van der Waals surface area contributed by atoms with Crippen molar-refractivity contribution >= 4 is 17.1 Å². The number of carbonyl (C=O) groups excluding carboxylic acids is 2. The number of hydrogen-bond donors (Lipinski definition) is 0. The second-order valence-corrected chi connectivity index (χ2v) is 11.6. The van der Waals surface area contributed by atoms with Crippen LogP contribution in [0.3, 0.4) is 0 Å². The van der Waals surface area contributed by atoms with Crippen LogP contribution in [0.1, 0.15) is 51.3 Å². The van der Waals surface area contributed by atoms with Gasteiger partial charge >= 0.3 is 0 Å². The highest BCUT2D eigenvalue weighted by Crippen LogP contribution is 2.41. The third-order valence-electron chi connectivity index (χ3n) is 8.66. The fourth-order valence-corrected chi connectivity index (χ4v) is 6.12. The van der Waals surface area contributed by atoms with E-state index < -0.39 is 5.92 Å². The van der Waals surface area contributed by atoms with Crippen LogP contribution in [0.2, 0.25) is 0 Å². The summed E-state index contributed by atoms with van der Waals surface area (Å²) in [7, 11) is 0. The maximum Gasteiger partial charge on any atom is 0.167 e. The molecule has 212 valence electrons. The quantitative estimate of drug-likeness (QED) is 0.178. The molecule has 1 aromatic heterocycles. The van der Waals surface area contributed by atoms with Crippen molar-refractivity contribution in [2.75, 3.05) is 0 Å². The predicted octanol–water partition coefficient (Wildman–Crippen LogP) is 8.52. The molecule has 0 saturated heterocycles. The molecule has 1 aliphatic rings. The van der Waals surface area contributed by atoms with Crippen molar-refractivity contribution in [3.63, 3.8) is 0 Å². The SMILES string of the molecule is Cc1ccc(CC(=O)[C@H]2C(=O)C=C(c3ccc(-c4ccccc4)cc3)CC2c2ccc(Cc3cccnc3)cc2)cc1C. The summed E-state index contributed by atoms with van der Waals surface area (Å²) >= 11 is 0. The fraction of sp³-hybridized carbons (Fsp3) is 0.175. The monoisotopic (exact) mass is 561 g/mol. The Morgan fingerprint density at radius 3 is 2.12 bits per heavy atom. The van der Waals surface area contributed by atoms with Gasteiger partial charge in [0.2, 0.25) is 0 Å². The Labute approximate surface area is 254 Å². The van der Waals surface area contributed by atoms with Gasteiger partial charge in [-0.2, -0.15) is 0 Å². The lowest BCUT2D eigenvalue weighted by Crippen LogP contribution is -2.33. The second kappa shape index (κ2) is 12.5. The number of hydrogen-bond acceptors (Lipinski definition) is 3. The second-order valence-electron chi connectivity index (χ2n) is 11.6. The molecule has 1 aliphatic carbocycles. The Morgan fingerprint density at radius 2 is 1.42 bits per heavy atom. The molecule has 4 aromatic carbocycles. The Bertz CT molecular complexity index is 1770. The molecule has 0 saturated carbocycles. The summed E-state index contributed by atoms with van der Waals surface area (Å²) in [6.07, 6.45) is 7.04. The number of ketones is 2. The summed E-state index contributed by atoms with van der Waals surface area (Å²) in [5.41, 5.74) is 10.9. The third kappa shape index (κ3) is 6.47. The lowest BCUT2D eigenvalue weighted by Gasteiger charge is -2.30. The van der Waals surface area contributed by atoms with Gasteiger partial charge in [-0.15, -0.1) is 0 Å². The minimum Gasteiger partial charge on any atom is -0.298 e. The van der Waals surface area contributed by atoms with Gasteiger partial charge in [0, 0.05) is 24.7 Å². The standard InChI is InChI=1S/C40H35NO2/c1-27-10-11-30(21-28(27)2)23-38(42)40-37(35-14-12-29(13-15-35)22-31-7-6-20-41-26-31)24-36(25-39(40)43)34-18-16-33(17-19-34)32-8-4-3-5-9-32/h3-21,25-26,37,40H,22-24H2,1-2H3/t37?,40-/m0/s1. The van der Waals surface area contributed by atoms with Crippen molar-refractivity contribution in [2.24, 2.45) is 5.92 Å². The van der Waals surface area contributed by atoms with Crippen LogP contribution in [0.4, 0.5) is 0 Å². The molecule has 0 aliphatic heterocycles. The molecule has 43 heavy (non-hydrogen) atoms. The summed E-state index contributed by atoms with van der Waals surface area (Å²) in [4.78, 5) is 31.9. The molecule has 2 atom stereocenters. The van der Waals surface area contributed by atoms with E-state index >= 15 is 0 Å². The van der Waals surface area contributed by atoms with E-state index in [1.165, 1.54) is 11.1 Å². The maximum atomic E-state index is 13.9. The molecule has 0 fully saturated rings. The number of nitrogens with zero attached hydrogens (tertiary/aromatic N) is 1.